The van der Waals surface area contributed by atoms with E-state index in [4.69, 9.17) is 4.74 Å². The topological polar surface area (TPSA) is 63.2 Å². The van der Waals surface area contributed by atoms with Gasteiger partial charge in [0, 0.05) is 30.4 Å². The molecule has 5 nitrogen and oxygen atoms in total. The molecule has 0 unspecified atom stereocenters. The lowest BCUT2D eigenvalue weighted by atomic mass is 10.2. The average Bonchev–Trinajstić information content (AvgIpc) is 2.45. The summed E-state index contributed by atoms with van der Waals surface area (Å²) in [6, 6.07) is 10.0. The molecule has 1 aromatic heterocycles. The molecule has 0 aliphatic carbocycles. The van der Waals surface area contributed by atoms with E-state index in [1.54, 1.807) is 6.20 Å². The van der Waals surface area contributed by atoms with Gasteiger partial charge in [-0.3, -0.25) is 4.98 Å². The molecule has 1 aromatic carbocycles. The Kier molecular flexibility index (Phi) is 5.20. The summed E-state index contributed by atoms with van der Waals surface area (Å²) >= 11 is 0. The van der Waals surface area contributed by atoms with Crippen LogP contribution in [0.5, 0.6) is 0 Å². The highest BCUT2D eigenvalue weighted by Crippen LogP contribution is 2.16. The fraction of sp³-hybridized carbons (Fsp3) is 0.412. The van der Waals surface area contributed by atoms with Crippen molar-refractivity contribution in [2.24, 2.45) is 0 Å². The fourth-order valence-electron chi connectivity index (χ4n) is 2.01. The third-order valence-corrected chi connectivity index (χ3v) is 2.95. The summed E-state index contributed by atoms with van der Waals surface area (Å²) in [4.78, 5) is 15.8. The first kappa shape index (κ1) is 16.1. The number of aromatic nitrogens is 1. The molecule has 0 bridgehead atoms. The molecule has 0 spiro atoms. The number of carbonyl (C=O) groups excluding carboxylic acids is 1. The number of carbonyl (C=O) groups is 1. The highest BCUT2D eigenvalue weighted by atomic mass is 16.6. The van der Waals surface area contributed by atoms with Gasteiger partial charge in [-0.15, -0.1) is 0 Å². The smallest absolute Gasteiger partial charge is 0.407 e. The van der Waals surface area contributed by atoms with Crippen LogP contribution in [0.25, 0.3) is 10.9 Å². The first-order valence-corrected chi connectivity index (χ1v) is 7.49. The Morgan fingerprint density at radius 2 is 2.05 bits per heavy atom. The SMILES string of the molecule is CC(C)(C)OC(=O)NCCCNc1ccc2ncccc2c1. The summed E-state index contributed by atoms with van der Waals surface area (Å²) in [7, 11) is 0. The maximum absolute atomic E-state index is 11.5. The lowest BCUT2D eigenvalue weighted by Gasteiger charge is -2.19. The molecule has 0 atom stereocenters. The first-order chi connectivity index (χ1) is 10.4. The van der Waals surface area contributed by atoms with Crippen LogP contribution >= 0.6 is 0 Å². The number of amides is 1. The van der Waals surface area contributed by atoms with Crippen molar-refractivity contribution in [3.63, 3.8) is 0 Å². The van der Waals surface area contributed by atoms with E-state index in [1.165, 1.54) is 0 Å². The van der Waals surface area contributed by atoms with Gasteiger partial charge in [0.2, 0.25) is 0 Å². The van der Waals surface area contributed by atoms with Crippen LogP contribution in [0, 0.1) is 0 Å². The standard InChI is InChI=1S/C17H23N3O2/c1-17(2,3)22-16(21)20-11-5-10-18-14-7-8-15-13(12-14)6-4-9-19-15/h4,6-9,12,18H,5,10-11H2,1-3H3,(H,20,21). The molecule has 0 saturated carbocycles. The van der Waals surface area contributed by atoms with Crippen molar-refractivity contribution >= 4 is 22.7 Å². The predicted octanol–water partition coefficient (Wildman–Crippen LogP) is 3.56. The second kappa shape index (κ2) is 7.11. The van der Waals surface area contributed by atoms with E-state index in [9.17, 15) is 4.79 Å². The minimum Gasteiger partial charge on any atom is -0.444 e. The highest BCUT2D eigenvalue weighted by molar-refractivity contribution is 5.82. The van der Waals surface area contributed by atoms with Gasteiger partial charge in [0.1, 0.15) is 5.60 Å². The number of pyridine rings is 1. The highest BCUT2D eigenvalue weighted by Gasteiger charge is 2.15. The summed E-state index contributed by atoms with van der Waals surface area (Å²) in [5, 5.41) is 7.19. The zero-order valence-electron chi connectivity index (χ0n) is 13.3. The second-order valence-corrected chi connectivity index (χ2v) is 6.12. The van der Waals surface area contributed by atoms with Gasteiger partial charge >= 0.3 is 6.09 Å². The summed E-state index contributed by atoms with van der Waals surface area (Å²) in [6.45, 7) is 6.91. The molecule has 1 heterocycles. The Balaban J connectivity index is 1.71. The molecule has 2 rings (SSSR count). The Bertz CT molecular complexity index is 635. The molecule has 0 aliphatic rings. The molecule has 2 aromatic rings. The zero-order chi connectivity index (χ0) is 16.0. The van der Waals surface area contributed by atoms with E-state index in [2.05, 4.69) is 21.7 Å². The normalized spacial score (nSPS) is 11.2. The van der Waals surface area contributed by atoms with Crippen molar-refractivity contribution in [2.75, 3.05) is 18.4 Å². The van der Waals surface area contributed by atoms with Gasteiger partial charge < -0.3 is 15.4 Å². The number of alkyl carbamates (subject to hydrolysis) is 1. The predicted molar refractivity (Wildman–Crippen MR) is 89.1 cm³/mol. The van der Waals surface area contributed by atoms with Crippen molar-refractivity contribution in [3.8, 4) is 0 Å². The molecule has 118 valence electrons. The number of nitrogens with zero attached hydrogens (tertiary/aromatic N) is 1. The summed E-state index contributed by atoms with van der Waals surface area (Å²) in [5.41, 5.74) is 1.58. The third-order valence-electron chi connectivity index (χ3n) is 2.95. The van der Waals surface area contributed by atoms with Crippen LogP contribution in [-0.2, 0) is 4.74 Å². The number of nitrogens with one attached hydrogen (secondary N) is 2. The van der Waals surface area contributed by atoms with Gasteiger partial charge in [-0.25, -0.2) is 4.79 Å². The van der Waals surface area contributed by atoms with Gasteiger partial charge in [-0.1, -0.05) is 6.07 Å². The van der Waals surface area contributed by atoms with Gasteiger partial charge in [0.05, 0.1) is 5.52 Å². The number of ether oxygens (including phenoxy) is 1. The van der Waals surface area contributed by atoms with Crippen molar-refractivity contribution in [1.29, 1.82) is 0 Å². The van der Waals surface area contributed by atoms with Crippen molar-refractivity contribution in [1.82, 2.24) is 10.3 Å². The molecule has 0 aliphatic heterocycles. The summed E-state index contributed by atoms with van der Waals surface area (Å²) in [5.74, 6) is 0. The molecule has 22 heavy (non-hydrogen) atoms. The molecule has 5 heteroatoms. The van der Waals surface area contributed by atoms with E-state index in [1.807, 2.05) is 45.0 Å². The monoisotopic (exact) mass is 301 g/mol. The Morgan fingerprint density at radius 3 is 2.82 bits per heavy atom. The Hall–Kier alpha value is -2.30. The lowest BCUT2D eigenvalue weighted by Crippen LogP contribution is -2.33. The van der Waals surface area contributed by atoms with Crippen LogP contribution in [0.2, 0.25) is 0 Å². The molecule has 2 N–H and O–H groups in total. The number of hydrogen-bond donors (Lipinski definition) is 2. The fourth-order valence-corrected chi connectivity index (χ4v) is 2.01. The molecule has 0 fully saturated rings. The van der Waals surface area contributed by atoms with E-state index in [0.717, 1.165) is 29.6 Å². The number of hydrogen-bond acceptors (Lipinski definition) is 4. The molecule has 0 radical (unpaired) electrons. The number of anilines is 1. The second-order valence-electron chi connectivity index (χ2n) is 6.12. The van der Waals surface area contributed by atoms with E-state index < -0.39 is 5.60 Å². The lowest BCUT2D eigenvalue weighted by molar-refractivity contribution is 0.0528. The van der Waals surface area contributed by atoms with Crippen molar-refractivity contribution in [2.45, 2.75) is 32.8 Å². The van der Waals surface area contributed by atoms with Gasteiger partial charge in [0.15, 0.2) is 0 Å². The maximum Gasteiger partial charge on any atom is 0.407 e. The third kappa shape index (κ3) is 5.24. The molecular formula is C17H23N3O2. The van der Waals surface area contributed by atoms with Crippen LogP contribution in [0.1, 0.15) is 27.2 Å². The summed E-state index contributed by atoms with van der Waals surface area (Å²) < 4.78 is 5.17. The van der Waals surface area contributed by atoms with Crippen molar-refractivity contribution in [3.05, 3.63) is 36.5 Å². The largest absolute Gasteiger partial charge is 0.444 e. The molecule has 1 amide bonds. The van der Waals surface area contributed by atoms with Crippen molar-refractivity contribution < 1.29 is 9.53 Å². The van der Waals surface area contributed by atoms with Crippen LogP contribution < -0.4 is 10.6 Å². The quantitative estimate of drug-likeness (QED) is 0.829. The van der Waals surface area contributed by atoms with E-state index in [0.29, 0.717) is 6.54 Å². The van der Waals surface area contributed by atoms with Gasteiger partial charge in [0.25, 0.3) is 0 Å². The number of fused-ring (bicyclic) bond motifs is 1. The summed E-state index contributed by atoms with van der Waals surface area (Å²) in [6.07, 6.45) is 2.24. The first-order valence-electron chi connectivity index (χ1n) is 7.49. The molecular weight excluding hydrogens is 278 g/mol. The molecule has 0 saturated heterocycles. The maximum atomic E-state index is 11.5. The van der Waals surface area contributed by atoms with Crippen LogP contribution in [0.15, 0.2) is 36.5 Å². The zero-order valence-corrected chi connectivity index (χ0v) is 13.3. The van der Waals surface area contributed by atoms with Gasteiger partial charge in [-0.05, 0) is 51.5 Å². The average molecular weight is 301 g/mol. The van der Waals surface area contributed by atoms with Crippen LogP contribution in [-0.4, -0.2) is 29.8 Å². The van der Waals surface area contributed by atoms with E-state index >= 15 is 0 Å². The minimum atomic E-state index is -0.457. The Labute approximate surface area is 131 Å². The number of rotatable bonds is 5. The van der Waals surface area contributed by atoms with Gasteiger partial charge in [-0.2, -0.15) is 0 Å². The Morgan fingerprint density at radius 1 is 1.23 bits per heavy atom. The van der Waals surface area contributed by atoms with Crippen LogP contribution in [0.3, 0.4) is 0 Å². The number of benzene rings is 1. The minimum absolute atomic E-state index is 0.371. The van der Waals surface area contributed by atoms with Crippen LogP contribution in [0.4, 0.5) is 10.5 Å². The van der Waals surface area contributed by atoms with E-state index in [-0.39, 0.29) is 6.09 Å².